The van der Waals surface area contributed by atoms with E-state index in [1.807, 2.05) is 64.1 Å². The first kappa shape index (κ1) is 29.2. The third kappa shape index (κ3) is 7.98. The van der Waals surface area contributed by atoms with Gasteiger partial charge in [-0.25, -0.2) is 8.42 Å². The van der Waals surface area contributed by atoms with Crippen LogP contribution in [0.1, 0.15) is 50.3 Å². The Morgan fingerprint density at radius 3 is 2.22 bits per heavy atom. The van der Waals surface area contributed by atoms with Gasteiger partial charge >= 0.3 is 0 Å². The number of hydrogen-bond donors (Lipinski definition) is 1. The maximum Gasteiger partial charge on any atom is 0.242 e. The number of anilines is 1. The first-order valence-corrected chi connectivity index (χ1v) is 14.0. The highest BCUT2D eigenvalue weighted by Gasteiger charge is 2.27. The van der Waals surface area contributed by atoms with Crippen LogP contribution in [0.15, 0.2) is 42.5 Å². The number of carbonyl (C=O) groups excluding carboxylic acids is 2. The van der Waals surface area contributed by atoms with Gasteiger partial charge < -0.3 is 15.0 Å². The molecule has 8 nitrogen and oxygen atoms in total. The monoisotopic (exact) mass is 517 g/mol. The fourth-order valence-corrected chi connectivity index (χ4v) is 4.92. The molecule has 0 saturated heterocycles. The summed E-state index contributed by atoms with van der Waals surface area (Å²) in [5.41, 5.74) is 3.36. The third-order valence-electron chi connectivity index (χ3n) is 6.11. The predicted octanol–water partition coefficient (Wildman–Crippen LogP) is 3.80. The van der Waals surface area contributed by atoms with Crippen LogP contribution in [0, 0.1) is 13.8 Å². The minimum Gasteiger partial charge on any atom is -0.497 e. The molecule has 0 radical (unpaired) electrons. The number of carbonyl (C=O) groups is 2. The van der Waals surface area contributed by atoms with E-state index in [2.05, 4.69) is 5.32 Å². The Morgan fingerprint density at radius 1 is 1.03 bits per heavy atom. The fraction of sp³-hybridized carbons (Fsp3) is 0.481. The largest absolute Gasteiger partial charge is 0.497 e. The van der Waals surface area contributed by atoms with Gasteiger partial charge in [0.15, 0.2) is 0 Å². The summed E-state index contributed by atoms with van der Waals surface area (Å²) in [7, 11) is -1.96. The Balaban J connectivity index is 2.20. The van der Waals surface area contributed by atoms with Gasteiger partial charge in [0.2, 0.25) is 21.8 Å². The highest BCUT2D eigenvalue weighted by atomic mass is 32.2. The molecular formula is C27H39N3O5S. The zero-order chi connectivity index (χ0) is 27.0. The van der Waals surface area contributed by atoms with Crippen molar-refractivity contribution in [3.8, 4) is 5.75 Å². The molecule has 2 amide bonds. The SMILES string of the molecule is COc1ccc(CN(C(=O)CCCN(c2cccc(C)c2C)S(C)(=O)=O)[C@@H](C)C(=O)NC(C)C)cc1. The molecule has 0 heterocycles. The summed E-state index contributed by atoms with van der Waals surface area (Å²) in [6.45, 7) is 9.68. The predicted molar refractivity (Wildman–Crippen MR) is 144 cm³/mol. The molecule has 0 unspecified atom stereocenters. The summed E-state index contributed by atoms with van der Waals surface area (Å²) in [6.07, 6.45) is 1.59. The second-order valence-electron chi connectivity index (χ2n) is 9.37. The molecule has 2 aromatic carbocycles. The van der Waals surface area contributed by atoms with Crippen LogP contribution in [0.4, 0.5) is 5.69 Å². The molecule has 0 aliphatic heterocycles. The van der Waals surface area contributed by atoms with Gasteiger partial charge in [0, 0.05) is 25.6 Å². The topological polar surface area (TPSA) is 96.0 Å². The molecule has 1 atom stereocenters. The van der Waals surface area contributed by atoms with Crippen molar-refractivity contribution in [2.24, 2.45) is 0 Å². The van der Waals surface area contributed by atoms with Crippen molar-refractivity contribution in [3.63, 3.8) is 0 Å². The average molecular weight is 518 g/mol. The van der Waals surface area contributed by atoms with E-state index in [0.29, 0.717) is 17.9 Å². The van der Waals surface area contributed by atoms with Crippen LogP contribution in [-0.2, 0) is 26.2 Å². The molecule has 198 valence electrons. The van der Waals surface area contributed by atoms with Gasteiger partial charge in [0.25, 0.3) is 0 Å². The number of amides is 2. The molecule has 0 spiro atoms. The van der Waals surface area contributed by atoms with Crippen LogP contribution in [0.5, 0.6) is 5.75 Å². The van der Waals surface area contributed by atoms with E-state index >= 15 is 0 Å². The molecule has 0 aliphatic rings. The zero-order valence-electron chi connectivity index (χ0n) is 22.4. The number of rotatable bonds is 12. The van der Waals surface area contributed by atoms with Gasteiger partial charge in [-0.3, -0.25) is 13.9 Å². The number of hydrogen-bond acceptors (Lipinski definition) is 5. The van der Waals surface area contributed by atoms with Crippen molar-refractivity contribution in [3.05, 3.63) is 59.2 Å². The van der Waals surface area contributed by atoms with Crippen molar-refractivity contribution in [1.82, 2.24) is 10.2 Å². The lowest BCUT2D eigenvalue weighted by Gasteiger charge is -2.30. The number of nitrogens with one attached hydrogen (secondary N) is 1. The maximum absolute atomic E-state index is 13.3. The molecule has 36 heavy (non-hydrogen) atoms. The Kier molecular flexibility index (Phi) is 10.3. The van der Waals surface area contributed by atoms with E-state index in [0.717, 1.165) is 16.7 Å². The van der Waals surface area contributed by atoms with E-state index in [4.69, 9.17) is 4.74 Å². The summed E-state index contributed by atoms with van der Waals surface area (Å²) in [5, 5.41) is 2.87. The zero-order valence-corrected chi connectivity index (χ0v) is 23.2. The Bertz CT molecular complexity index is 1150. The van der Waals surface area contributed by atoms with Gasteiger partial charge in [-0.15, -0.1) is 0 Å². The van der Waals surface area contributed by atoms with E-state index in [-0.39, 0.29) is 37.4 Å². The smallest absolute Gasteiger partial charge is 0.242 e. The quantitative estimate of drug-likeness (QED) is 0.462. The average Bonchev–Trinajstić information content (AvgIpc) is 2.81. The standard InChI is InChI=1S/C27H39N3O5S/c1-19(2)28-27(32)22(5)29(18-23-13-15-24(35-6)16-14-23)26(31)12-9-17-30(36(7,33)34)25-11-8-10-20(3)21(25)4/h8,10-11,13-16,19,22H,9,12,17-18H2,1-7H3,(H,28,32)/t22-/m0/s1. The van der Waals surface area contributed by atoms with Crippen LogP contribution < -0.4 is 14.4 Å². The number of ether oxygens (including phenoxy) is 1. The van der Waals surface area contributed by atoms with Crippen molar-refractivity contribution in [1.29, 1.82) is 0 Å². The van der Waals surface area contributed by atoms with Crippen LogP contribution in [-0.4, -0.2) is 57.1 Å². The summed E-state index contributed by atoms with van der Waals surface area (Å²) < 4.78 is 31.7. The molecular weight excluding hydrogens is 478 g/mol. The van der Waals surface area contributed by atoms with E-state index in [9.17, 15) is 18.0 Å². The second kappa shape index (κ2) is 12.8. The summed E-state index contributed by atoms with van der Waals surface area (Å²) in [6, 6.07) is 12.1. The second-order valence-corrected chi connectivity index (χ2v) is 11.3. The summed E-state index contributed by atoms with van der Waals surface area (Å²) in [4.78, 5) is 27.6. The van der Waals surface area contributed by atoms with E-state index < -0.39 is 16.1 Å². The summed E-state index contributed by atoms with van der Waals surface area (Å²) in [5.74, 6) is 0.251. The van der Waals surface area contributed by atoms with Crippen molar-refractivity contribution < 1.29 is 22.7 Å². The van der Waals surface area contributed by atoms with Gasteiger partial charge in [-0.2, -0.15) is 0 Å². The highest BCUT2D eigenvalue weighted by Crippen LogP contribution is 2.25. The lowest BCUT2D eigenvalue weighted by Crippen LogP contribution is -2.49. The van der Waals surface area contributed by atoms with Crippen molar-refractivity contribution in [2.75, 3.05) is 24.2 Å². The fourth-order valence-electron chi connectivity index (χ4n) is 3.90. The van der Waals surface area contributed by atoms with E-state index in [1.165, 1.54) is 10.6 Å². The van der Waals surface area contributed by atoms with Gasteiger partial charge in [-0.1, -0.05) is 24.3 Å². The van der Waals surface area contributed by atoms with Crippen LogP contribution in [0.3, 0.4) is 0 Å². The van der Waals surface area contributed by atoms with Crippen molar-refractivity contribution in [2.45, 2.75) is 66.1 Å². The molecule has 0 bridgehead atoms. The molecule has 0 aromatic heterocycles. The number of benzene rings is 2. The third-order valence-corrected chi connectivity index (χ3v) is 7.29. The summed E-state index contributed by atoms with van der Waals surface area (Å²) >= 11 is 0. The molecule has 2 aromatic rings. The van der Waals surface area contributed by atoms with Crippen LogP contribution >= 0.6 is 0 Å². The molecule has 0 saturated carbocycles. The lowest BCUT2D eigenvalue weighted by atomic mass is 10.1. The number of methoxy groups -OCH3 is 1. The van der Waals surface area contributed by atoms with Gasteiger partial charge in [-0.05, 0) is 75.9 Å². The molecule has 1 N–H and O–H groups in total. The maximum atomic E-state index is 13.3. The number of nitrogens with zero attached hydrogens (tertiary/aromatic N) is 2. The minimum absolute atomic E-state index is 0.0567. The Hall–Kier alpha value is -3.07. The first-order valence-electron chi connectivity index (χ1n) is 12.1. The van der Waals surface area contributed by atoms with Gasteiger partial charge in [0.05, 0.1) is 19.1 Å². The van der Waals surface area contributed by atoms with Gasteiger partial charge in [0.1, 0.15) is 11.8 Å². The number of sulfonamides is 1. The Morgan fingerprint density at radius 2 is 1.67 bits per heavy atom. The minimum atomic E-state index is -3.54. The van der Waals surface area contributed by atoms with Crippen molar-refractivity contribution >= 4 is 27.5 Å². The van der Waals surface area contributed by atoms with Crippen LogP contribution in [0.2, 0.25) is 0 Å². The highest BCUT2D eigenvalue weighted by molar-refractivity contribution is 7.92. The molecule has 9 heteroatoms. The molecule has 2 rings (SSSR count). The molecule has 0 fully saturated rings. The molecule has 0 aliphatic carbocycles. The lowest BCUT2D eigenvalue weighted by molar-refractivity contribution is -0.140. The normalized spacial score (nSPS) is 12.2. The first-order chi connectivity index (χ1) is 16.8. The number of aryl methyl sites for hydroxylation is 1. The Labute approximate surface area is 215 Å². The van der Waals surface area contributed by atoms with E-state index in [1.54, 1.807) is 25.0 Å². The van der Waals surface area contributed by atoms with Crippen LogP contribution in [0.25, 0.3) is 0 Å².